The smallest absolute Gasteiger partial charge is 0.355 e. The first-order valence-corrected chi connectivity index (χ1v) is 9.73. The fourth-order valence-electron chi connectivity index (χ4n) is 3.88. The van der Waals surface area contributed by atoms with Gasteiger partial charge in [-0.25, -0.2) is 4.98 Å². The summed E-state index contributed by atoms with van der Waals surface area (Å²) < 4.78 is 41.3. The van der Waals surface area contributed by atoms with E-state index in [0.717, 1.165) is 23.2 Å². The van der Waals surface area contributed by atoms with E-state index in [2.05, 4.69) is 10.6 Å². The third-order valence-corrected chi connectivity index (χ3v) is 5.27. The molecule has 1 amide bonds. The number of nitrogens with one attached hydrogen (secondary N) is 2. The number of aromatic nitrogens is 2. The molecule has 0 saturated carbocycles. The van der Waals surface area contributed by atoms with Crippen LogP contribution in [0.3, 0.4) is 0 Å². The highest BCUT2D eigenvalue weighted by Crippen LogP contribution is 2.35. The van der Waals surface area contributed by atoms with Crippen LogP contribution in [0.2, 0.25) is 0 Å². The second-order valence-corrected chi connectivity index (χ2v) is 7.27. The van der Waals surface area contributed by atoms with Crippen LogP contribution in [0.15, 0.2) is 66.7 Å². The molecule has 0 unspecified atom stereocenters. The van der Waals surface area contributed by atoms with Gasteiger partial charge in [0.1, 0.15) is 5.82 Å². The number of carbonyl (C=O) groups excluding carboxylic acids is 1. The Morgan fingerprint density at radius 3 is 2.58 bits per heavy atom. The van der Waals surface area contributed by atoms with E-state index in [1.54, 1.807) is 30.3 Å². The molecule has 0 fully saturated rings. The van der Waals surface area contributed by atoms with Crippen molar-refractivity contribution in [3.05, 3.63) is 77.9 Å². The number of carbonyl (C=O) groups is 1. The van der Waals surface area contributed by atoms with Crippen molar-refractivity contribution < 1.29 is 18.0 Å². The molecular formula is C23H17F3N4O. The molecule has 8 heteroatoms. The van der Waals surface area contributed by atoms with Gasteiger partial charge in [-0.2, -0.15) is 13.2 Å². The van der Waals surface area contributed by atoms with Crippen LogP contribution in [0.5, 0.6) is 0 Å². The van der Waals surface area contributed by atoms with Gasteiger partial charge in [-0.1, -0.05) is 24.3 Å². The van der Waals surface area contributed by atoms with Crippen LogP contribution in [-0.4, -0.2) is 22.0 Å². The second-order valence-electron chi connectivity index (χ2n) is 7.27. The van der Waals surface area contributed by atoms with Gasteiger partial charge < -0.3 is 15.2 Å². The number of hydrogen-bond donors (Lipinski definition) is 2. The van der Waals surface area contributed by atoms with Crippen LogP contribution >= 0.6 is 0 Å². The normalized spacial score (nSPS) is 13.7. The molecule has 0 radical (unpaired) electrons. The lowest BCUT2D eigenvalue weighted by Gasteiger charge is -2.15. The highest BCUT2D eigenvalue weighted by Gasteiger charge is 2.30. The van der Waals surface area contributed by atoms with E-state index in [1.807, 2.05) is 22.8 Å². The summed E-state index contributed by atoms with van der Waals surface area (Å²) in [6.07, 6.45) is -4.42. The predicted molar refractivity (Wildman–Crippen MR) is 112 cm³/mol. The van der Waals surface area contributed by atoms with Gasteiger partial charge in [0.25, 0.3) is 5.91 Å². The van der Waals surface area contributed by atoms with Crippen molar-refractivity contribution in [2.24, 2.45) is 0 Å². The van der Waals surface area contributed by atoms with Crippen LogP contribution in [-0.2, 0) is 12.7 Å². The first-order valence-electron chi connectivity index (χ1n) is 9.73. The number of anilines is 2. The largest absolute Gasteiger partial charge is 0.416 e. The van der Waals surface area contributed by atoms with Crippen LogP contribution in [0.1, 0.15) is 15.9 Å². The van der Waals surface area contributed by atoms with Crippen molar-refractivity contribution >= 4 is 28.3 Å². The summed E-state index contributed by atoms with van der Waals surface area (Å²) in [4.78, 5) is 17.2. The lowest BCUT2D eigenvalue weighted by Crippen LogP contribution is -2.24. The molecule has 5 nitrogen and oxygen atoms in total. The molecule has 5 rings (SSSR count). The highest BCUT2D eigenvalue weighted by atomic mass is 19.4. The molecule has 1 aliphatic heterocycles. The zero-order chi connectivity index (χ0) is 21.6. The lowest BCUT2D eigenvalue weighted by atomic mass is 10.1. The number of benzene rings is 3. The minimum absolute atomic E-state index is 0.147. The quantitative estimate of drug-likeness (QED) is 0.477. The Morgan fingerprint density at radius 2 is 1.74 bits per heavy atom. The monoisotopic (exact) mass is 422 g/mol. The Bertz CT molecular complexity index is 1310. The van der Waals surface area contributed by atoms with Gasteiger partial charge in [-0.15, -0.1) is 0 Å². The van der Waals surface area contributed by atoms with Crippen molar-refractivity contribution in [1.82, 2.24) is 14.9 Å². The molecule has 2 N–H and O–H groups in total. The Labute approximate surface area is 175 Å². The van der Waals surface area contributed by atoms with Crippen molar-refractivity contribution in [3.63, 3.8) is 0 Å². The van der Waals surface area contributed by atoms with Crippen LogP contribution in [0.25, 0.3) is 22.4 Å². The van der Waals surface area contributed by atoms with Gasteiger partial charge in [-0.05, 0) is 42.5 Å². The molecule has 0 aliphatic carbocycles. The SMILES string of the molecule is O=C1NCCn2c(-c3ccccc3Nc3cccc(C(F)(F)F)c3)nc3cccc1c32. The summed E-state index contributed by atoms with van der Waals surface area (Å²) >= 11 is 0. The Balaban J connectivity index is 1.63. The molecule has 0 atom stereocenters. The fourth-order valence-corrected chi connectivity index (χ4v) is 3.88. The summed E-state index contributed by atoms with van der Waals surface area (Å²) in [6, 6.07) is 17.8. The average Bonchev–Trinajstić information content (AvgIpc) is 3.03. The Morgan fingerprint density at radius 1 is 0.968 bits per heavy atom. The van der Waals surface area contributed by atoms with Gasteiger partial charge in [-0.3, -0.25) is 4.79 Å². The zero-order valence-electron chi connectivity index (χ0n) is 16.2. The lowest BCUT2D eigenvalue weighted by molar-refractivity contribution is -0.137. The number of amides is 1. The zero-order valence-corrected chi connectivity index (χ0v) is 16.2. The van der Waals surface area contributed by atoms with Gasteiger partial charge in [0.15, 0.2) is 0 Å². The van der Waals surface area contributed by atoms with Crippen molar-refractivity contribution in [2.75, 3.05) is 11.9 Å². The van der Waals surface area contributed by atoms with Gasteiger partial charge in [0.05, 0.1) is 22.2 Å². The summed E-state index contributed by atoms with van der Waals surface area (Å²) in [5.41, 5.74) is 2.96. The maximum Gasteiger partial charge on any atom is 0.416 e. The maximum atomic E-state index is 13.1. The highest BCUT2D eigenvalue weighted by molar-refractivity contribution is 6.06. The fraction of sp³-hybridized carbons (Fsp3) is 0.130. The van der Waals surface area contributed by atoms with E-state index >= 15 is 0 Å². The molecule has 0 saturated heterocycles. The van der Waals surface area contributed by atoms with E-state index in [-0.39, 0.29) is 5.91 Å². The number of halogens is 3. The van der Waals surface area contributed by atoms with Crippen LogP contribution in [0, 0.1) is 0 Å². The van der Waals surface area contributed by atoms with Crippen molar-refractivity contribution in [3.8, 4) is 11.4 Å². The van der Waals surface area contributed by atoms with Gasteiger partial charge in [0.2, 0.25) is 0 Å². The number of nitrogens with zero attached hydrogens (tertiary/aromatic N) is 2. The standard InChI is InChI=1S/C23H17F3N4O/c24-23(25,26)14-5-3-6-15(13-14)28-18-9-2-1-7-16(18)21-29-19-10-4-8-17-20(19)30(21)12-11-27-22(17)31/h1-10,13,28H,11-12H2,(H,27,31). The number of alkyl halides is 3. The molecule has 31 heavy (non-hydrogen) atoms. The van der Waals surface area contributed by atoms with Crippen molar-refractivity contribution in [2.45, 2.75) is 12.7 Å². The molecule has 0 spiro atoms. The van der Waals surface area contributed by atoms with Crippen molar-refractivity contribution in [1.29, 1.82) is 0 Å². The van der Waals surface area contributed by atoms with E-state index < -0.39 is 11.7 Å². The molecule has 3 aromatic carbocycles. The summed E-state index contributed by atoms with van der Waals surface area (Å²) in [5.74, 6) is 0.500. The first kappa shape index (κ1) is 19.2. The van der Waals surface area contributed by atoms with Crippen LogP contribution < -0.4 is 10.6 Å². The Hall–Kier alpha value is -3.81. The molecule has 156 valence electrons. The summed E-state index contributed by atoms with van der Waals surface area (Å²) in [5, 5.41) is 5.98. The second kappa shape index (κ2) is 7.16. The predicted octanol–water partition coefficient (Wildman–Crippen LogP) is 5.21. The van der Waals surface area contributed by atoms with E-state index in [1.165, 1.54) is 6.07 Å². The molecule has 2 heterocycles. The van der Waals surface area contributed by atoms with E-state index in [4.69, 9.17) is 4.98 Å². The Kier molecular flexibility index (Phi) is 4.43. The molecule has 0 bridgehead atoms. The maximum absolute atomic E-state index is 13.1. The van der Waals surface area contributed by atoms with Crippen LogP contribution in [0.4, 0.5) is 24.5 Å². The van der Waals surface area contributed by atoms with E-state index in [0.29, 0.717) is 41.4 Å². The molecular weight excluding hydrogens is 405 g/mol. The van der Waals surface area contributed by atoms with E-state index in [9.17, 15) is 18.0 Å². The number of para-hydroxylation sites is 2. The molecule has 4 aromatic rings. The number of imidazole rings is 1. The molecule has 1 aliphatic rings. The average molecular weight is 422 g/mol. The third-order valence-electron chi connectivity index (χ3n) is 5.27. The number of rotatable bonds is 3. The molecule has 1 aromatic heterocycles. The first-order chi connectivity index (χ1) is 14.9. The summed E-state index contributed by atoms with van der Waals surface area (Å²) in [6.45, 7) is 0.988. The van der Waals surface area contributed by atoms with Gasteiger partial charge in [0, 0.05) is 30.0 Å². The third kappa shape index (κ3) is 3.39. The minimum atomic E-state index is -4.42. The minimum Gasteiger partial charge on any atom is -0.355 e. The van der Waals surface area contributed by atoms with Gasteiger partial charge >= 0.3 is 6.18 Å². The number of hydrogen-bond acceptors (Lipinski definition) is 3. The summed E-state index contributed by atoms with van der Waals surface area (Å²) in [7, 11) is 0. The topological polar surface area (TPSA) is 59.0 Å².